The Balaban J connectivity index is 1.31. The zero-order valence-electron chi connectivity index (χ0n) is 21.1. The Kier molecular flexibility index (Phi) is 9.02. The van der Waals surface area contributed by atoms with E-state index < -0.39 is 34.7 Å². The van der Waals surface area contributed by atoms with Gasteiger partial charge in [-0.3, -0.25) is 9.78 Å². The monoisotopic (exact) mass is 597 g/mol. The molecule has 0 saturated carbocycles. The fraction of sp³-hybridized carbons (Fsp3) is 0.0357. The van der Waals surface area contributed by atoms with Crippen LogP contribution in [0.3, 0.4) is 0 Å². The highest BCUT2D eigenvalue weighted by Crippen LogP contribution is 2.36. The van der Waals surface area contributed by atoms with Gasteiger partial charge in [-0.25, -0.2) is 15.0 Å². The molecule has 0 spiro atoms. The Labute approximate surface area is 240 Å². The third-order valence-corrected chi connectivity index (χ3v) is 5.71. The fourth-order valence-corrected chi connectivity index (χ4v) is 3.61. The largest absolute Gasteiger partial charge is 0.478 e. The third-order valence-electron chi connectivity index (χ3n) is 5.38. The number of urea groups is 1. The summed E-state index contributed by atoms with van der Waals surface area (Å²) in [5.74, 6) is -1.04. The Bertz CT molecular complexity index is 1650. The van der Waals surface area contributed by atoms with Gasteiger partial charge in [0.1, 0.15) is 17.2 Å². The van der Waals surface area contributed by atoms with Crippen LogP contribution in [0.15, 0.2) is 90.2 Å². The summed E-state index contributed by atoms with van der Waals surface area (Å²) in [6, 6.07) is 17.1. The molecule has 0 radical (unpaired) electrons. The minimum absolute atomic E-state index is 0.0108. The van der Waals surface area contributed by atoms with E-state index in [2.05, 4.69) is 26.1 Å². The van der Waals surface area contributed by atoms with Crippen molar-refractivity contribution < 1.29 is 37.4 Å². The van der Waals surface area contributed by atoms with Crippen LogP contribution in [0.25, 0.3) is 0 Å². The first-order valence-corrected chi connectivity index (χ1v) is 12.2. The number of aromatic nitrogens is 1. The van der Waals surface area contributed by atoms with Gasteiger partial charge < -0.3 is 20.5 Å². The zero-order valence-corrected chi connectivity index (χ0v) is 21.9. The lowest BCUT2D eigenvalue weighted by Gasteiger charge is -2.12. The third kappa shape index (κ3) is 8.05. The highest BCUT2D eigenvalue weighted by Gasteiger charge is 2.33. The van der Waals surface area contributed by atoms with E-state index in [0.29, 0.717) is 17.0 Å². The van der Waals surface area contributed by atoms with Gasteiger partial charge in [0.25, 0.3) is 5.91 Å². The molecule has 1 aromatic heterocycles. The Hall–Kier alpha value is -5.43. The van der Waals surface area contributed by atoms with Gasteiger partial charge in [0.15, 0.2) is 0 Å². The average Bonchev–Trinajstić information content (AvgIpc) is 2.95. The standard InChI is InChI=1S/C28H19ClF3N5O5/c29-23-10-7-19(13-22(23)28(30,31)32)36-27(41)35-18-5-8-20(9-6-18)42-21-11-12-33-24(14-21)25(38)37-34-15-16-1-3-17(4-2-16)26(39)40/h1-15H,(H,37,38)(H,39,40)(H2,35,36,41). The first-order valence-electron chi connectivity index (χ1n) is 11.8. The molecule has 0 unspecified atom stereocenters. The number of halogens is 4. The minimum atomic E-state index is -4.67. The number of carbonyl (C=O) groups excluding carboxylic acids is 2. The number of nitrogens with zero attached hydrogens (tertiary/aromatic N) is 2. The van der Waals surface area contributed by atoms with Gasteiger partial charge >= 0.3 is 18.2 Å². The van der Waals surface area contributed by atoms with E-state index in [9.17, 15) is 27.6 Å². The van der Waals surface area contributed by atoms with Gasteiger partial charge in [-0.05, 0) is 66.2 Å². The topological polar surface area (TPSA) is 142 Å². The summed E-state index contributed by atoms with van der Waals surface area (Å²) in [5.41, 5.74) is 2.18. The second kappa shape index (κ2) is 12.8. The number of pyridine rings is 1. The van der Waals surface area contributed by atoms with E-state index in [-0.39, 0.29) is 22.7 Å². The molecule has 0 atom stereocenters. The highest BCUT2D eigenvalue weighted by atomic mass is 35.5. The minimum Gasteiger partial charge on any atom is -0.478 e. The molecule has 4 aromatic rings. The molecule has 0 saturated heterocycles. The van der Waals surface area contributed by atoms with Crippen molar-refractivity contribution in [3.05, 3.63) is 112 Å². The number of carboxylic acids is 1. The second-order valence-electron chi connectivity index (χ2n) is 8.40. The molecular formula is C28H19ClF3N5O5. The van der Waals surface area contributed by atoms with Crippen molar-refractivity contribution >= 4 is 47.1 Å². The van der Waals surface area contributed by atoms with Gasteiger partial charge in [0.2, 0.25) is 0 Å². The molecule has 0 fully saturated rings. The molecule has 0 aliphatic carbocycles. The number of ether oxygens (including phenoxy) is 1. The molecule has 10 nitrogen and oxygen atoms in total. The number of hydrogen-bond acceptors (Lipinski definition) is 6. The van der Waals surface area contributed by atoms with E-state index in [1.807, 2.05) is 0 Å². The van der Waals surface area contributed by atoms with Gasteiger partial charge in [0.05, 0.1) is 22.4 Å². The smallest absolute Gasteiger partial charge is 0.417 e. The molecule has 0 aliphatic rings. The summed E-state index contributed by atoms with van der Waals surface area (Å²) in [6.45, 7) is 0. The molecule has 0 bridgehead atoms. The number of hydrazone groups is 1. The van der Waals surface area contributed by atoms with Crippen molar-refractivity contribution in [3.63, 3.8) is 0 Å². The van der Waals surface area contributed by atoms with Crippen LogP contribution in [0.4, 0.5) is 29.3 Å². The maximum atomic E-state index is 13.0. The maximum Gasteiger partial charge on any atom is 0.417 e. The first kappa shape index (κ1) is 29.6. The van der Waals surface area contributed by atoms with E-state index in [4.69, 9.17) is 21.4 Å². The Morgan fingerprint density at radius 2 is 1.55 bits per heavy atom. The molecule has 42 heavy (non-hydrogen) atoms. The summed E-state index contributed by atoms with van der Waals surface area (Å²) in [4.78, 5) is 39.6. The SMILES string of the molecule is O=C(Nc1ccc(Oc2ccnc(C(=O)NN=Cc3ccc(C(=O)O)cc3)c2)cc1)Nc1ccc(Cl)c(C(F)(F)F)c1. The van der Waals surface area contributed by atoms with Crippen molar-refractivity contribution in [2.45, 2.75) is 6.18 Å². The number of alkyl halides is 3. The maximum absolute atomic E-state index is 13.0. The molecule has 4 rings (SSSR count). The van der Waals surface area contributed by atoms with Gasteiger partial charge in [0, 0.05) is 23.6 Å². The van der Waals surface area contributed by atoms with Gasteiger partial charge in [-0.1, -0.05) is 23.7 Å². The van der Waals surface area contributed by atoms with Crippen molar-refractivity contribution in [2.24, 2.45) is 5.10 Å². The first-order chi connectivity index (χ1) is 20.0. The number of carbonyl (C=O) groups is 3. The van der Waals surface area contributed by atoms with Crippen molar-refractivity contribution in [1.82, 2.24) is 10.4 Å². The number of rotatable bonds is 8. The van der Waals surface area contributed by atoms with Crippen LogP contribution in [-0.4, -0.2) is 34.2 Å². The van der Waals surface area contributed by atoms with E-state index in [1.54, 1.807) is 0 Å². The predicted molar refractivity (Wildman–Crippen MR) is 148 cm³/mol. The average molecular weight is 598 g/mol. The van der Waals surface area contributed by atoms with E-state index in [0.717, 1.165) is 12.1 Å². The van der Waals surface area contributed by atoms with E-state index >= 15 is 0 Å². The van der Waals surface area contributed by atoms with Crippen LogP contribution in [-0.2, 0) is 6.18 Å². The number of hydrogen-bond donors (Lipinski definition) is 4. The molecule has 3 aromatic carbocycles. The van der Waals surface area contributed by atoms with Gasteiger partial charge in [-0.15, -0.1) is 0 Å². The molecule has 14 heteroatoms. The highest BCUT2D eigenvalue weighted by molar-refractivity contribution is 6.31. The van der Waals surface area contributed by atoms with Crippen LogP contribution in [0.1, 0.15) is 32.0 Å². The Morgan fingerprint density at radius 1 is 0.881 bits per heavy atom. The summed E-state index contributed by atoms with van der Waals surface area (Å²) in [5, 5.41) is 17.1. The number of amides is 3. The van der Waals surface area contributed by atoms with Crippen molar-refractivity contribution in [1.29, 1.82) is 0 Å². The fourth-order valence-electron chi connectivity index (χ4n) is 3.39. The summed E-state index contributed by atoms with van der Waals surface area (Å²) in [6.07, 6.45) is -1.97. The number of anilines is 2. The number of aromatic carboxylic acids is 1. The van der Waals surface area contributed by atoms with Gasteiger partial charge in [-0.2, -0.15) is 18.3 Å². The Morgan fingerprint density at radius 3 is 2.21 bits per heavy atom. The van der Waals surface area contributed by atoms with Crippen molar-refractivity contribution in [2.75, 3.05) is 10.6 Å². The second-order valence-corrected chi connectivity index (χ2v) is 8.81. The molecule has 1 heterocycles. The molecule has 214 valence electrons. The number of benzene rings is 3. The molecule has 4 N–H and O–H groups in total. The number of carboxylic acid groups (broad SMARTS) is 1. The lowest BCUT2D eigenvalue weighted by atomic mass is 10.1. The summed E-state index contributed by atoms with van der Waals surface area (Å²) in [7, 11) is 0. The zero-order chi connectivity index (χ0) is 30.3. The summed E-state index contributed by atoms with van der Waals surface area (Å²) >= 11 is 5.59. The summed E-state index contributed by atoms with van der Waals surface area (Å²) < 4.78 is 44.8. The predicted octanol–water partition coefficient (Wildman–Crippen LogP) is 6.65. The van der Waals surface area contributed by atoms with E-state index in [1.165, 1.54) is 79.1 Å². The molecule has 3 amide bonds. The van der Waals surface area contributed by atoms with Crippen LogP contribution in [0.5, 0.6) is 11.5 Å². The van der Waals surface area contributed by atoms with Crippen molar-refractivity contribution in [3.8, 4) is 11.5 Å². The van der Waals surface area contributed by atoms with Crippen LogP contribution < -0.4 is 20.8 Å². The molecule has 0 aliphatic heterocycles. The van der Waals surface area contributed by atoms with Crippen LogP contribution >= 0.6 is 11.6 Å². The molecular weight excluding hydrogens is 579 g/mol. The normalized spacial score (nSPS) is 11.1. The lowest BCUT2D eigenvalue weighted by molar-refractivity contribution is -0.137. The quantitative estimate of drug-likeness (QED) is 0.132. The number of nitrogens with one attached hydrogen (secondary N) is 3. The van der Waals surface area contributed by atoms with Crippen LogP contribution in [0, 0.1) is 0 Å². The lowest BCUT2D eigenvalue weighted by Crippen LogP contribution is -2.19. The van der Waals surface area contributed by atoms with Crippen LogP contribution in [0.2, 0.25) is 5.02 Å².